The number of carboxylic acid groups (broad SMARTS) is 1. The lowest BCUT2D eigenvalue weighted by atomic mass is 9.91. The van der Waals surface area contributed by atoms with Crippen LogP contribution in [0.4, 0.5) is 11.4 Å². The summed E-state index contributed by atoms with van der Waals surface area (Å²) in [5, 5.41) is 23.4. The van der Waals surface area contributed by atoms with Crippen LogP contribution in [0, 0.1) is 0 Å². The number of halogens is 2. The number of benzene rings is 3. The number of carboxylic acids is 1. The van der Waals surface area contributed by atoms with Crippen LogP contribution in [-0.2, 0) is 4.79 Å². The highest BCUT2D eigenvalue weighted by atomic mass is 35.5. The minimum Gasteiger partial charge on any atom is -0.507 e. The fraction of sp³-hybridized carbons (Fsp3) is 0.192. The van der Waals surface area contributed by atoms with E-state index in [1.165, 1.54) is 23.1 Å². The molecule has 180 valence electrons. The Morgan fingerprint density at radius 3 is 2.49 bits per heavy atom. The number of aliphatic carboxylic acids is 1. The van der Waals surface area contributed by atoms with Crippen molar-refractivity contribution in [3.05, 3.63) is 87.4 Å². The number of phenols is 1. The van der Waals surface area contributed by atoms with Gasteiger partial charge in [-0.15, -0.1) is 0 Å². The number of fused-ring (bicyclic) bond motifs is 1. The first-order valence-corrected chi connectivity index (χ1v) is 11.7. The summed E-state index contributed by atoms with van der Waals surface area (Å²) in [5.74, 6) is -2.39. The number of hydrogen-bond acceptors (Lipinski definition) is 4. The van der Waals surface area contributed by atoms with Crippen molar-refractivity contribution in [3.8, 4) is 5.75 Å². The van der Waals surface area contributed by atoms with E-state index in [1.807, 2.05) is 0 Å². The van der Waals surface area contributed by atoms with Crippen molar-refractivity contribution in [2.45, 2.75) is 25.2 Å². The zero-order valence-corrected chi connectivity index (χ0v) is 20.0. The molecule has 1 atom stereocenters. The van der Waals surface area contributed by atoms with Gasteiger partial charge < -0.3 is 20.4 Å². The summed E-state index contributed by atoms with van der Waals surface area (Å²) in [7, 11) is 0. The van der Waals surface area contributed by atoms with E-state index in [0.717, 1.165) is 0 Å². The Labute approximate surface area is 211 Å². The van der Waals surface area contributed by atoms with Crippen LogP contribution in [0.25, 0.3) is 0 Å². The molecule has 0 fully saturated rings. The van der Waals surface area contributed by atoms with Gasteiger partial charge in [-0.25, -0.2) is 0 Å². The molecule has 0 saturated carbocycles. The minimum atomic E-state index is -0.923. The molecule has 7 nitrogen and oxygen atoms in total. The molecule has 2 amide bonds. The molecular formula is C26H22Cl2N2O5. The molecule has 1 heterocycles. The van der Waals surface area contributed by atoms with Crippen LogP contribution < -0.4 is 10.2 Å². The quantitative estimate of drug-likeness (QED) is 0.391. The second kappa shape index (κ2) is 10.4. The predicted octanol–water partition coefficient (Wildman–Crippen LogP) is 5.95. The Kier molecular flexibility index (Phi) is 7.28. The summed E-state index contributed by atoms with van der Waals surface area (Å²) in [4.78, 5) is 38.9. The van der Waals surface area contributed by atoms with E-state index < -0.39 is 17.8 Å². The van der Waals surface area contributed by atoms with E-state index in [4.69, 9.17) is 23.2 Å². The molecule has 9 heteroatoms. The van der Waals surface area contributed by atoms with Gasteiger partial charge in [-0.05, 0) is 66.8 Å². The van der Waals surface area contributed by atoms with Crippen LogP contribution >= 0.6 is 23.2 Å². The summed E-state index contributed by atoms with van der Waals surface area (Å²) in [5.41, 5.74) is 1.89. The van der Waals surface area contributed by atoms with Gasteiger partial charge in [0, 0.05) is 29.0 Å². The summed E-state index contributed by atoms with van der Waals surface area (Å²) >= 11 is 12.3. The molecule has 0 aromatic heterocycles. The van der Waals surface area contributed by atoms with Gasteiger partial charge in [-0.3, -0.25) is 14.4 Å². The lowest BCUT2D eigenvalue weighted by Crippen LogP contribution is -2.31. The fourth-order valence-corrected chi connectivity index (χ4v) is 4.69. The molecule has 0 saturated heterocycles. The average molecular weight is 513 g/mol. The molecule has 35 heavy (non-hydrogen) atoms. The smallest absolute Gasteiger partial charge is 0.303 e. The summed E-state index contributed by atoms with van der Waals surface area (Å²) in [6.45, 7) is 0.355. The first-order valence-electron chi connectivity index (χ1n) is 11.0. The number of nitrogens with one attached hydrogen (secondary N) is 1. The molecule has 4 rings (SSSR count). The monoisotopic (exact) mass is 512 g/mol. The third-order valence-electron chi connectivity index (χ3n) is 5.93. The Bertz CT molecular complexity index is 1310. The van der Waals surface area contributed by atoms with E-state index in [2.05, 4.69) is 5.32 Å². The van der Waals surface area contributed by atoms with Crippen molar-refractivity contribution in [2.24, 2.45) is 0 Å². The zero-order chi connectivity index (χ0) is 25.1. The van der Waals surface area contributed by atoms with E-state index >= 15 is 0 Å². The zero-order valence-electron chi connectivity index (χ0n) is 18.5. The Hall–Kier alpha value is -3.55. The average Bonchev–Trinajstić information content (AvgIpc) is 2.98. The molecule has 1 aliphatic heterocycles. The van der Waals surface area contributed by atoms with Crippen molar-refractivity contribution < 1.29 is 24.6 Å². The van der Waals surface area contributed by atoms with Gasteiger partial charge in [0.2, 0.25) is 0 Å². The van der Waals surface area contributed by atoms with Crippen molar-refractivity contribution in [2.75, 3.05) is 16.8 Å². The normalized spacial score (nSPS) is 15.1. The SMILES string of the molecule is O=C(O)CC1CCCN(C(=O)c2ccc(NC(=O)c3ccccc3Cl)cc2O)c2ccc(Cl)cc21. The first-order chi connectivity index (χ1) is 16.7. The van der Waals surface area contributed by atoms with Gasteiger partial charge in [-0.1, -0.05) is 35.3 Å². The Balaban J connectivity index is 1.60. The predicted molar refractivity (Wildman–Crippen MR) is 135 cm³/mol. The topological polar surface area (TPSA) is 107 Å². The highest BCUT2D eigenvalue weighted by Crippen LogP contribution is 2.39. The van der Waals surface area contributed by atoms with Crippen molar-refractivity contribution in [1.82, 2.24) is 0 Å². The largest absolute Gasteiger partial charge is 0.507 e. The standard InChI is InChI=1S/C26H22Cl2N2O5/c27-16-7-10-22-20(13-16)15(12-24(32)33)4-3-11-30(22)26(35)19-9-8-17(14-23(19)31)29-25(34)18-5-1-2-6-21(18)28/h1-2,5-10,13-15,31H,3-4,11-12H2,(H,29,34)(H,32,33). The first kappa shape index (κ1) is 24.6. The van der Waals surface area contributed by atoms with Crippen LogP contribution in [0.15, 0.2) is 60.7 Å². The van der Waals surface area contributed by atoms with Crippen molar-refractivity contribution in [3.63, 3.8) is 0 Å². The molecule has 0 bridgehead atoms. The van der Waals surface area contributed by atoms with Crippen LogP contribution in [0.1, 0.15) is 51.5 Å². The van der Waals surface area contributed by atoms with Crippen LogP contribution in [0.3, 0.4) is 0 Å². The van der Waals surface area contributed by atoms with Crippen LogP contribution in [-0.4, -0.2) is 34.5 Å². The molecule has 0 spiro atoms. The fourth-order valence-electron chi connectivity index (χ4n) is 4.28. The Morgan fingerprint density at radius 1 is 1.00 bits per heavy atom. The maximum atomic E-state index is 13.5. The van der Waals surface area contributed by atoms with Gasteiger partial charge in [0.25, 0.3) is 11.8 Å². The Morgan fingerprint density at radius 2 is 1.77 bits per heavy atom. The second-order valence-corrected chi connectivity index (χ2v) is 9.11. The van der Waals surface area contributed by atoms with Crippen LogP contribution in [0.5, 0.6) is 5.75 Å². The van der Waals surface area contributed by atoms with E-state index in [1.54, 1.807) is 42.5 Å². The highest BCUT2D eigenvalue weighted by molar-refractivity contribution is 6.34. The molecule has 1 aliphatic rings. The summed E-state index contributed by atoms with van der Waals surface area (Å²) in [6.07, 6.45) is 1.10. The summed E-state index contributed by atoms with van der Waals surface area (Å²) in [6, 6.07) is 15.9. The van der Waals surface area contributed by atoms with Gasteiger partial charge >= 0.3 is 5.97 Å². The van der Waals surface area contributed by atoms with E-state index in [0.29, 0.717) is 46.4 Å². The molecule has 0 radical (unpaired) electrons. The maximum Gasteiger partial charge on any atom is 0.303 e. The molecular weight excluding hydrogens is 491 g/mol. The van der Waals surface area contributed by atoms with Gasteiger partial charge in [0.05, 0.1) is 22.6 Å². The number of phenolic OH excluding ortho intramolecular Hbond substituents is 1. The van der Waals surface area contributed by atoms with E-state index in [-0.39, 0.29) is 29.2 Å². The van der Waals surface area contributed by atoms with Gasteiger partial charge in [0.15, 0.2) is 0 Å². The molecule has 3 aromatic rings. The maximum absolute atomic E-state index is 13.5. The number of anilines is 2. The third kappa shape index (κ3) is 5.42. The lowest BCUT2D eigenvalue weighted by Gasteiger charge is -2.24. The highest BCUT2D eigenvalue weighted by Gasteiger charge is 2.29. The van der Waals surface area contributed by atoms with E-state index in [9.17, 15) is 24.6 Å². The molecule has 3 N–H and O–H groups in total. The minimum absolute atomic E-state index is 0.0540. The van der Waals surface area contributed by atoms with Crippen molar-refractivity contribution >= 4 is 52.4 Å². The third-order valence-corrected chi connectivity index (χ3v) is 6.49. The van der Waals surface area contributed by atoms with Gasteiger partial charge in [0.1, 0.15) is 5.75 Å². The number of rotatable bonds is 5. The molecule has 3 aromatic carbocycles. The number of nitrogens with zero attached hydrogens (tertiary/aromatic N) is 1. The number of carbonyl (C=O) groups excluding carboxylic acids is 2. The van der Waals surface area contributed by atoms with Gasteiger partial charge in [-0.2, -0.15) is 0 Å². The number of amides is 2. The summed E-state index contributed by atoms with van der Waals surface area (Å²) < 4.78 is 0. The lowest BCUT2D eigenvalue weighted by molar-refractivity contribution is -0.137. The number of carbonyl (C=O) groups is 3. The number of aromatic hydroxyl groups is 1. The van der Waals surface area contributed by atoms with Crippen LogP contribution in [0.2, 0.25) is 10.0 Å². The van der Waals surface area contributed by atoms with Crippen molar-refractivity contribution in [1.29, 1.82) is 0 Å². The molecule has 1 unspecified atom stereocenters. The number of hydrogen-bond donors (Lipinski definition) is 3. The molecule has 0 aliphatic carbocycles. The second-order valence-electron chi connectivity index (χ2n) is 8.26.